The lowest BCUT2D eigenvalue weighted by atomic mass is 9.81. The summed E-state index contributed by atoms with van der Waals surface area (Å²) in [5.41, 5.74) is 3.45. The Morgan fingerprint density at radius 2 is 2.05 bits per heavy atom. The fraction of sp³-hybridized carbons (Fsp3) is 0.562. The molecule has 1 N–H and O–H groups in total. The average molecular weight is 293 g/mol. The van der Waals surface area contributed by atoms with Crippen molar-refractivity contribution in [2.75, 3.05) is 12.4 Å². The molecular formula is C16H21ClN2O. The number of anilines is 1. The van der Waals surface area contributed by atoms with Gasteiger partial charge in [0.05, 0.1) is 5.38 Å². The predicted octanol–water partition coefficient (Wildman–Crippen LogP) is 4.52. The average Bonchev–Trinajstić information content (AvgIpc) is 2.87. The number of rotatable bonds is 2. The molecule has 1 aliphatic carbocycles. The Bertz CT molecular complexity index is 537. The van der Waals surface area contributed by atoms with E-state index in [0.29, 0.717) is 6.54 Å². The highest BCUT2D eigenvalue weighted by Gasteiger charge is 2.37. The maximum absolute atomic E-state index is 11.6. The van der Waals surface area contributed by atoms with Gasteiger partial charge in [0.2, 0.25) is 0 Å². The van der Waals surface area contributed by atoms with Gasteiger partial charge in [-0.1, -0.05) is 31.9 Å². The van der Waals surface area contributed by atoms with Gasteiger partial charge in [0.1, 0.15) is 0 Å². The van der Waals surface area contributed by atoms with E-state index in [1.54, 1.807) is 11.9 Å². The first-order valence-corrected chi connectivity index (χ1v) is 7.72. The Balaban J connectivity index is 1.89. The molecule has 0 spiro atoms. The zero-order chi connectivity index (χ0) is 14.3. The molecule has 108 valence electrons. The minimum absolute atomic E-state index is 0.0459. The third-order valence-electron chi connectivity index (χ3n) is 4.78. The van der Waals surface area contributed by atoms with Crippen LogP contribution in [0, 0.1) is 5.41 Å². The van der Waals surface area contributed by atoms with Crippen LogP contribution in [0.4, 0.5) is 10.5 Å². The molecule has 1 atom stereocenters. The summed E-state index contributed by atoms with van der Waals surface area (Å²) in [6.07, 6.45) is 4.97. The molecule has 1 aromatic carbocycles. The first-order chi connectivity index (χ1) is 9.49. The smallest absolute Gasteiger partial charge is 0.321 e. The van der Waals surface area contributed by atoms with Crippen molar-refractivity contribution in [3.8, 4) is 0 Å². The number of benzene rings is 1. The summed E-state index contributed by atoms with van der Waals surface area (Å²) in [4.78, 5) is 13.3. The summed E-state index contributed by atoms with van der Waals surface area (Å²) < 4.78 is 0. The Morgan fingerprint density at radius 3 is 2.75 bits per heavy atom. The zero-order valence-electron chi connectivity index (χ0n) is 12.1. The number of nitrogens with one attached hydrogen (secondary N) is 1. The lowest BCUT2D eigenvalue weighted by Gasteiger charge is -2.31. The van der Waals surface area contributed by atoms with Crippen molar-refractivity contribution in [2.45, 2.75) is 44.5 Å². The highest BCUT2D eigenvalue weighted by molar-refractivity contribution is 6.21. The topological polar surface area (TPSA) is 32.3 Å². The van der Waals surface area contributed by atoms with Crippen molar-refractivity contribution < 1.29 is 4.79 Å². The number of alkyl halides is 1. The molecule has 1 unspecified atom stereocenters. The van der Waals surface area contributed by atoms with Gasteiger partial charge in [-0.15, -0.1) is 11.6 Å². The number of halogens is 1. The van der Waals surface area contributed by atoms with Crippen LogP contribution in [0.2, 0.25) is 0 Å². The fourth-order valence-electron chi connectivity index (χ4n) is 3.40. The summed E-state index contributed by atoms with van der Waals surface area (Å²) in [5, 5.41) is 2.95. The molecule has 1 saturated carbocycles. The van der Waals surface area contributed by atoms with Gasteiger partial charge in [-0.05, 0) is 35.4 Å². The standard InChI is InChI=1S/C16H21ClN2O/c1-16(7-3-4-8-16)14(17)11-5-6-13-12(9-11)10-19(2)15(20)18-13/h5-6,9,14H,3-4,7-8,10H2,1-2H3,(H,18,20). The van der Waals surface area contributed by atoms with Crippen LogP contribution in [-0.2, 0) is 6.54 Å². The number of nitrogens with zero attached hydrogens (tertiary/aromatic N) is 1. The van der Waals surface area contributed by atoms with E-state index in [1.165, 1.54) is 31.2 Å². The quantitative estimate of drug-likeness (QED) is 0.798. The molecule has 3 nitrogen and oxygen atoms in total. The summed E-state index contributed by atoms with van der Waals surface area (Å²) in [6.45, 7) is 2.94. The van der Waals surface area contributed by atoms with E-state index in [-0.39, 0.29) is 16.8 Å². The number of amides is 2. The molecule has 0 aromatic heterocycles. The first kappa shape index (κ1) is 13.7. The molecule has 3 rings (SSSR count). The summed E-state index contributed by atoms with van der Waals surface area (Å²) in [6, 6.07) is 6.16. The Labute approximate surface area is 125 Å². The molecule has 0 bridgehead atoms. The maximum atomic E-state index is 11.6. The molecule has 1 heterocycles. The van der Waals surface area contributed by atoms with Gasteiger partial charge in [-0.2, -0.15) is 0 Å². The van der Waals surface area contributed by atoms with Crippen LogP contribution in [0.5, 0.6) is 0 Å². The molecule has 1 fully saturated rings. The SMILES string of the molecule is CN1Cc2cc(C(Cl)C3(C)CCCC3)ccc2NC1=O. The van der Waals surface area contributed by atoms with E-state index in [2.05, 4.69) is 24.4 Å². The Hall–Kier alpha value is -1.22. The number of urea groups is 1. The summed E-state index contributed by atoms with van der Waals surface area (Å²) in [7, 11) is 1.81. The lowest BCUT2D eigenvalue weighted by molar-refractivity contribution is 0.218. The first-order valence-electron chi connectivity index (χ1n) is 7.29. The molecule has 1 aromatic rings. The van der Waals surface area contributed by atoms with Gasteiger partial charge in [-0.25, -0.2) is 4.79 Å². The van der Waals surface area contributed by atoms with Crippen molar-refractivity contribution in [3.63, 3.8) is 0 Å². The van der Waals surface area contributed by atoms with E-state index in [9.17, 15) is 4.79 Å². The van der Waals surface area contributed by atoms with Crippen LogP contribution < -0.4 is 5.32 Å². The largest absolute Gasteiger partial charge is 0.323 e. The molecule has 4 heteroatoms. The third-order valence-corrected chi connectivity index (χ3v) is 5.55. The molecule has 0 radical (unpaired) electrons. The molecule has 20 heavy (non-hydrogen) atoms. The minimum Gasteiger partial charge on any atom is -0.323 e. The van der Waals surface area contributed by atoms with Crippen molar-refractivity contribution in [1.82, 2.24) is 4.90 Å². The Morgan fingerprint density at radius 1 is 1.35 bits per heavy atom. The third kappa shape index (κ3) is 2.28. The van der Waals surface area contributed by atoms with Crippen molar-refractivity contribution in [1.29, 1.82) is 0 Å². The van der Waals surface area contributed by atoms with E-state index in [4.69, 9.17) is 11.6 Å². The Kier molecular flexibility index (Phi) is 3.41. The van der Waals surface area contributed by atoms with Crippen molar-refractivity contribution in [2.24, 2.45) is 5.41 Å². The molecule has 2 amide bonds. The fourth-order valence-corrected chi connectivity index (χ4v) is 3.75. The van der Waals surface area contributed by atoms with Crippen LogP contribution in [0.25, 0.3) is 0 Å². The number of fused-ring (bicyclic) bond motifs is 1. The van der Waals surface area contributed by atoms with Gasteiger partial charge in [0.15, 0.2) is 0 Å². The highest BCUT2D eigenvalue weighted by Crippen LogP contribution is 2.50. The number of carbonyl (C=O) groups excluding carboxylic acids is 1. The van der Waals surface area contributed by atoms with Crippen LogP contribution in [0.1, 0.15) is 49.1 Å². The van der Waals surface area contributed by atoms with E-state index >= 15 is 0 Å². The van der Waals surface area contributed by atoms with E-state index < -0.39 is 0 Å². The highest BCUT2D eigenvalue weighted by atomic mass is 35.5. The summed E-state index contributed by atoms with van der Waals surface area (Å²) >= 11 is 6.76. The monoisotopic (exact) mass is 292 g/mol. The number of hydrogen-bond donors (Lipinski definition) is 1. The van der Waals surface area contributed by atoms with Crippen molar-refractivity contribution in [3.05, 3.63) is 29.3 Å². The number of carbonyl (C=O) groups is 1. The van der Waals surface area contributed by atoms with Crippen molar-refractivity contribution >= 4 is 23.3 Å². The van der Waals surface area contributed by atoms with Gasteiger partial charge in [0, 0.05) is 19.3 Å². The van der Waals surface area contributed by atoms with Gasteiger partial charge >= 0.3 is 6.03 Å². The molecule has 1 aliphatic heterocycles. The minimum atomic E-state index is -0.0459. The second kappa shape index (κ2) is 4.96. The van der Waals surface area contributed by atoms with E-state index in [0.717, 1.165) is 11.3 Å². The van der Waals surface area contributed by atoms with Crippen LogP contribution in [0.3, 0.4) is 0 Å². The molecule has 2 aliphatic rings. The van der Waals surface area contributed by atoms with Crippen LogP contribution >= 0.6 is 11.6 Å². The molecule has 0 saturated heterocycles. The van der Waals surface area contributed by atoms with Crippen LogP contribution in [-0.4, -0.2) is 18.0 Å². The van der Waals surface area contributed by atoms with Gasteiger partial charge in [0.25, 0.3) is 0 Å². The molecular weight excluding hydrogens is 272 g/mol. The normalized spacial score (nSPS) is 22.4. The van der Waals surface area contributed by atoms with Gasteiger partial charge in [-0.3, -0.25) is 0 Å². The summed E-state index contributed by atoms with van der Waals surface area (Å²) in [5.74, 6) is 0. The number of hydrogen-bond acceptors (Lipinski definition) is 1. The second-order valence-electron chi connectivity index (χ2n) is 6.43. The van der Waals surface area contributed by atoms with E-state index in [1.807, 2.05) is 6.07 Å². The second-order valence-corrected chi connectivity index (χ2v) is 6.86. The zero-order valence-corrected chi connectivity index (χ0v) is 12.8. The van der Waals surface area contributed by atoms with Crippen LogP contribution in [0.15, 0.2) is 18.2 Å². The maximum Gasteiger partial charge on any atom is 0.321 e. The lowest BCUT2D eigenvalue weighted by Crippen LogP contribution is -2.35. The predicted molar refractivity (Wildman–Crippen MR) is 82.1 cm³/mol. The van der Waals surface area contributed by atoms with Gasteiger partial charge < -0.3 is 10.2 Å².